The van der Waals surface area contributed by atoms with Gasteiger partial charge in [0, 0.05) is 18.6 Å². The van der Waals surface area contributed by atoms with E-state index in [4.69, 9.17) is 10.5 Å². The van der Waals surface area contributed by atoms with Crippen LogP contribution in [0, 0.1) is 0 Å². The highest BCUT2D eigenvalue weighted by atomic mass is 16.5. The third-order valence-corrected chi connectivity index (χ3v) is 4.84. The summed E-state index contributed by atoms with van der Waals surface area (Å²) in [6, 6.07) is 15.5. The molecule has 1 heterocycles. The van der Waals surface area contributed by atoms with Gasteiger partial charge < -0.3 is 15.8 Å². The lowest BCUT2D eigenvalue weighted by molar-refractivity contribution is 0.118. The Hall–Kier alpha value is -2.07. The first-order valence-electron chi connectivity index (χ1n) is 8.47. The van der Waals surface area contributed by atoms with Crippen molar-refractivity contribution in [2.75, 3.05) is 13.2 Å². The predicted octanol–water partition coefficient (Wildman–Crippen LogP) is 2.78. The van der Waals surface area contributed by atoms with E-state index in [1.54, 1.807) is 0 Å². The van der Waals surface area contributed by atoms with Gasteiger partial charge in [-0.3, -0.25) is 4.99 Å². The Morgan fingerprint density at radius 1 is 1.22 bits per heavy atom. The van der Waals surface area contributed by atoms with E-state index in [-0.39, 0.29) is 6.10 Å². The zero-order valence-corrected chi connectivity index (χ0v) is 13.2. The molecule has 1 saturated carbocycles. The summed E-state index contributed by atoms with van der Waals surface area (Å²) < 4.78 is 5.57. The van der Waals surface area contributed by atoms with Gasteiger partial charge in [-0.05, 0) is 35.6 Å². The fraction of sp³-hybridized carbons (Fsp3) is 0.421. The lowest BCUT2D eigenvalue weighted by atomic mass is 10.0. The summed E-state index contributed by atoms with van der Waals surface area (Å²) in [5.41, 5.74) is 7.44. The molecule has 2 fully saturated rings. The smallest absolute Gasteiger partial charge is 0.188 e. The van der Waals surface area contributed by atoms with E-state index in [1.807, 2.05) is 0 Å². The summed E-state index contributed by atoms with van der Waals surface area (Å²) in [5.74, 6) is 1.07. The van der Waals surface area contributed by atoms with Crippen LogP contribution < -0.4 is 11.1 Å². The highest BCUT2D eigenvalue weighted by molar-refractivity contribution is 5.87. The molecule has 3 atom stereocenters. The van der Waals surface area contributed by atoms with Crippen molar-refractivity contribution in [3.8, 4) is 0 Å². The van der Waals surface area contributed by atoms with Crippen LogP contribution in [-0.2, 0) is 4.74 Å². The second-order valence-electron chi connectivity index (χ2n) is 6.52. The Morgan fingerprint density at radius 3 is 2.96 bits per heavy atom. The molecule has 3 N–H and O–H groups in total. The van der Waals surface area contributed by atoms with Crippen molar-refractivity contribution in [1.29, 1.82) is 0 Å². The molecule has 0 radical (unpaired) electrons. The molecule has 4 heteroatoms. The van der Waals surface area contributed by atoms with E-state index < -0.39 is 0 Å². The molecule has 2 aromatic carbocycles. The largest absolute Gasteiger partial charge is 0.376 e. The number of aliphatic imine (C=N–C) groups is 1. The SMILES string of the molecule is NC(=NCC1CCCO1)N[C@@H]1C[C@H]1c1cccc2ccccc12. The predicted molar refractivity (Wildman–Crippen MR) is 93.7 cm³/mol. The molecule has 0 spiro atoms. The van der Waals surface area contributed by atoms with Gasteiger partial charge in [-0.1, -0.05) is 42.5 Å². The van der Waals surface area contributed by atoms with Gasteiger partial charge in [0.2, 0.25) is 0 Å². The highest BCUT2D eigenvalue weighted by Gasteiger charge is 2.39. The summed E-state index contributed by atoms with van der Waals surface area (Å²) in [5, 5.41) is 6.01. The van der Waals surface area contributed by atoms with E-state index >= 15 is 0 Å². The number of guanidine groups is 1. The molecule has 120 valence electrons. The van der Waals surface area contributed by atoms with Gasteiger partial charge in [-0.2, -0.15) is 0 Å². The quantitative estimate of drug-likeness (QED) is 0.674. The molecule has 4 rings (SSSR count). The third kappa shape index (κ3) is 3.17. The van der Waals surface area contributed by atoms with Crippen LogP contribution in [0.5, 0.6) is 0 Å². The molecular formula is C19H23N3O. The first-order valence-corrected chi connectivity index (χ1v) is 8.47. The number of nitrogens with two attached hydrogens (primary N) is 1. The number of hydrogen-bond acceptors (Lipinski definition) is 2. The molecular weight excluding hydrogens is 286 g/mol. The van der Waals surface area contributed by atoms with Gasteiger partial charge in [0.15, 0.2) is 5.96 Å². The van der Waals surface area contributed by atoms with Crippen LogP contribution >= 0.6 is 0 Å². The number of rotatable bonds is 4. The second-order valence-corrected chi connectivity index (χ2v) is 6.52. The first-order chi connectivity index (χ1) is 11.3. The minimum atomic E-state index is 0.253. The minimum Gasteiger partial charge on any atom is -0.376 e. The number of benzene rings is 2. The Kier molecular flexibility index (Phi) is 3.92. The van der Waals surface area contributed by atoms with Gasteiger partial charge >= 0.3 is 0 Å². The van der Waals surface area contributed by atoms with Crippen molar-refractivity contribution in [3.05, 3.63) is 48.0 Å². The summed E-state index contributed by atoms with van der Waals surface area (Å²) in [6.07, 6.45) is 3.60. The van der Waals surface area contributed by atoms with Crippen molar-refractivity contribution in [2.45, 2.75) is 37.3 Å². The normalized spacial score (nSPS) is 27.3. The number of ether oxygens (including phenoxy) is 1. The van der Waals surface area contributed by atoms with Crippen molar-refractivity contribution in [3.63, 3.8) is 0 Å². The maximum absolute atomic E-state index is 6.03. The van der Waals surface area contributed by atoms with Crippen LogP contribution in [0.4, 0.5) is 0 Å². The van der Waals surface area contributed by atoms with Gasteiger partial charge in [0.1, 0.15) is 0 Å². The Morgan fingerprint density at radius 2 is 2.09 bits per heavy atom. The topological polar surface area (TPSA) is 59.6 Å². The van der Waals surface area contributed by atoms with E-state index in [0.717, 1.165) is 25.9 Å². The maximum Gasteiger partial charge on any atom is 0.188 e. The lowest BCUT2D eigenvalue weighted by Gasteiger charge is -2.09. The number of hydrogen-bond donors (Lipinski definition) is 2. The van der Waals surface area contributed by atoms with Crippen LogP contribution in [-0.4, -0.2) is 31.3 Å². The van der Waals surface area contributed by atoms with Crippen LogP contribution in [0.15, 0.2) is 47.5 Å². The van der Waals surface area contributed by atoms with Crippen LogP contribution in [0.25, 0.3) is 10.8 Å². The Balaban J connectivity index is 1.40. The molecule has 23 heavy (non-hydrogen) atoms. The van der Waals surface area contributed by atoms with E-state index in [0.29, 0.717) is 24.5 Å². The first kappa shape index (κ1) is 14.5. The molecule has 0 amide bonds. The third-order valence-electron chi connectivity index (χ3n) is 4.84. The standard InChI is InChI=1S/C19H23N3O/c20-19(21-12-14-7-4-10-23-14)22-18-11-17(18)16-9-3-6-13-5-1-2-8-15(13)16/h1-3,5-6,8-9,14,17-18H,4,7,10-12H2,(H3,20,21,22)/t14?,17-,18+/m0/s1. The number of nitrogens with zero attached hydrogens (tertiary/aromatic N) is 1. The highest BCUT2D eigenvalue weighted by Crippen LogP contribution is 2.43. The van der Waals surface area contributed by atoms with E-state index in [1.165, 1.54) is 16.3 Å². The van der Waals surface area contributed by atoms with Crippen molar-refractivity contribution in [1.82, 2.24) is 5.32 Å². The summed E-state index contributed by atoms with van der Waals surface area (Å²) in [4.78, 5) is 4.44. The number of fused-ring (bicyclic) bond motifs is 1. The van der Waals surface area contributed by atoms with Crippen molar-refractivity contribution in [2.24, 2.45) is 10.7 Å². The summed E-state index contributed by atoms with van der Waals surface area (Å²) in [6.45, 7) is 1.53. The Labute approximate surface area is 136 Å². The molecule has 4 nitrogen and oxygen atoms in total. The van der Waals surface area contributed by atoms with Gasteiger partial charge in [-0.25, -0.2) is 0 Å². The Bertz CT molecular complexity index is 716. The fourth-order valence-electron chi connectivity index (χ4n) is 3.50. The van der Waals surface area contributed by atoms with Crippen LogP contribution in [0.2, 0.25) is 0 Å². The van der Waals surface area contributed by atoms with Gasteiger partial charge in [0.25, 0.3) is 0 Å². The molecule has 1 saturated heterocycles. The van der Waals surface area contributed by atoms with Gasteiger partial charge in [0.05, 0.1) is 12.6 Å². The second kappa shape index (κ2) is 6.20. The molecule has 1 unspecified atom stereocenters. The molecule has 0 bridgehead atoms. The molecule has 0 aromatic heterocycles. The average molecular weight is 309 g/mol. The van der Waals surface area contributed by atoms with Crippen LogP contribution in [0.1, 0.15) is 30.7 Å². The van der Waals surface area contributed by atoms with E-state index in [2.05, 4.69) is 52.8 Å². The molecule has 1 aliphatic heterocycles. The molecule has 1 aliphatic carbocycles. The minimum absolute atomic E-state index is 0.253. The zero-order valence-electron chi connectivity index (χ0n) is 13.2. The summed E-state index contributed by atoms with van der Waals surface area (Å²) >= 11 is 0. The van der Waals surface area contributed by atoms with Crippen molar-refractivity contribution >= 4 is 16.7 Å². The van der Waals surface area contributed by atoms with E-state index in [9.17, 15) is 0 Å². The lowest BCUT2D eigenvalue weighted by Crippen LogP contribution is -2.35. The maximum atomic E-state index is 6.03. The molecule has 2 aliphatic rings. The van der Waals surface area contributed by atoms with Crippen LogP contribution in [0.3, 0.4) is 0 Å². The van der Waals surface area contributed by atoms with Crippen molar-refractivity contribution < 1.29 is 4.74 Å². The molecule has 2 aromatic rings. The fourth-order valence-corrected chi connectivity index (χ4v) is 3.50. The summed E-state index contributed by atoms with van der Waals surface area (Å²) in [7, 11) is 0. The van der Waals surface area contributed by atoms with Gasteiger partial charge in [-0.15, -0.1) is 0 Å². The number of nitrogens with one attached hydrogen (secondary N) is 1. The average Bonchev–Trinajstić information content (AvgIpc) is 3.12. The monoisotopic (exact) mass is 309 g/mol. The zero-order chi connectivity index (χ0) is 15.6.